The summed E-state index contributed by atoms with van der Waals surface area (Å²) in [4.78, 5) is 41.3. The first-order chi connectivity index (χ1) is 18.2. The zero-order chi connectivity index (χ0) is 27.0. The molecule has 1 fully saturated rings. The number of carboxylic acid groups (broad SMARTS) is 1. The zero-order valence-electron chi connectivity index (χ0n) is 21.2. The van der Waals surface area contributed by atoms with E-state index in [1.807, 2.05) is 49.3 Å². The zero-order valence-corrected chi connectivity index (χ0v) is 21.2. The van der Waals surface area contributed by atoms with Crippen LogP contribution in [0, 0.1) is 0 Å². The average Bonchev–Trinajstić information content (AvgIpc) is 3.18. The second kappa shape index (κ2) is 10.0. The lowest BCUT2D eigenvalue weighted by molar-refractivity contribution is -0.136. The Morgan fingerprint density at radius 1 is 1.00 bits per heavy atom. The number of aliphatic carboxylic acids is 1. The van der Waals surface area contributed by atoms with E-state index in [0.29, 0.717) is 29.0 Å². The molecule has 0 spiro atoms. The maximum Gasteiger partial charge on any atom is 0.307 e. The highest BCUT2D eigenvalue weighted by Crippen LogP contribution is 2.43. The van der Waals surface area contributed by atoms with E-state index in [1.54, 1.807) is 36.4 Å². The number of amides is 1. The maximum atomic E-state index is 13.4. The molecular formula is C30H28N2O6. The summed E-state index contributed by atoms with van der Waals surface area (Å²) in [5, 5.41) is 20.6. The van der Waals surface area contributed by atoms with Crippen LogP contribution in [0.1, 0.15) is 34.7 Å². The number of aryl methyl sites for hydroxylation is 1. The fourth-order valence-corrected chi connectivity index (χ4v) is 4.98. The van der Waals surface area contributed by atoms with Crippen molar-refractivity contribution in [1.82, 2.24) is 0 Å². The largest absolute Gasteiger partial charge is 0.507 e. The highest BCUT2D eigenvalue weighted by atomic mass is 16.5. The van der Waals surface area contributed by atoms with Crippen LogP contribution in [0.2, 0.25) is 0 Å². The fourth-order valence-electron chi connectivity index (χ4n) is 4.98. The molecule has 194 valence electrons. The summed E-state index contributed by atoms with van der Waals surface area (Å²) in [6.07, 6.45) is 1.50. The molecule has 0 radical (unpaired) electrons. The Bertz CT molecular complexity index is 1440. The van der Waals surface area contributed by atoms with Gasteiger partial charge in [0.25, 0.3) is 11.7 Å². The van der Waals surface area contributed by atoms with Crippen molar-refractivity contribution < 1.29 is 29.3 Å². The van der Waals surface area contributed by atoms with Gasteiger partial charge in [-0.05, 0) is 72.0 Å². The normalized spacial score (nSPS) is 18.2. The number of carbonyl (C=O) groups excluding carboxylic acids is 2. The lowest BCUT2D eigenvalue weighted by Gasteiger charge is -2.26. The number of carbonyl (C=O) groups is 3. The van der Waals surface area contributed by atoms with Crippen LogP contribution < -0.4 is 14.5 Å². The molecule has 2 heterocycles. The number of aliphatic hydroxyl groups is 1. The monoisotopic (exact) mass is 512 g/mol. The van der Waals surface area contributed by atoms with E-state index < -0.39 is 23.7 Å². The topological polar surface area (TPSA) is 107 Å². The van der Waals surface area contributed by atoms with Crippen molar-refractivity contribution in [3.63, 3.8) is 0 Å². The number of benzene rings is 3. The lowest BCUT2D eigenvalue weighted by Crippen LogP contribution is -2.29. The molecule has 3 aromatic rings. The number of nitrogens with zero attached hydrogens (tertiary/aromatic N) is 2. The molecule has 8 heteroatoms. The Hall–Kier alpha value is -4.59. The van der Waals surface area contributed by atoms with Crippen molar-refractivity contribution in [3.8, 4) is 5.75 Å². The molecule has 2 N–H and O–H groups in total. The summed E-state index contributed by atoms with van der Waals surface area (Å²) in [6.45, 7) is 0.637. The second-order valence-corrected chi connectivity index (χ2v) is 9.67. The fraction of sp³-hybridized carbons (Fsp3) is 0.233. The highest BCUT2D eigenvalue weighted by molar-refractivity contribution is 6.51. The Morgan fingerprint density at radius 3 is 2.37 bits per heavy atom. The third-order valence-electron chi connectivity index (χ3n) is 6.92. The Balaban J connectivity index is 1.64. The van der Waals surface area contributed by atoms with Crippen LogP contribution in [0.3, 0.4) is 0 Å². The van der Waals surface area contributed by atoms with E-state index in [1.165, 1.54) is 4.90 Å². The molecule has 3 aromatic carbocycles. The molecular weight excluding hydrogens is 484 g/mol. The number of rotatable bonds is 6. The number of anilines is 2. The van der Waals surface area contributed by atoms with Gasteiger partial charge in [0.2, 0.25) is 0 Å². The number of hydrogen-bond acceptors (Lipinski definition) is 6. The first-order valence-electron chi connectivity index (χ1n) is 12.4. The molecule has 0 bridgehead atoms. The molecule has 38 heavy (non-hydrogen) atoms. The number of carboxylic acids is 1. The van der Waals surface area contributed by atoms with Crippen molar-refractivity contribution in [2.75, 3.05) is 30.5 Å². The van der Waals surface area contributed by atoms with Crippen LogP contribution in [0.5, 0.6) is 5.75 Å². The number of hydrogen-bond donors (Lipinski definition) is 2. The van der Waals surface area contributed by atoms with Gasteiger partial charge >= 0.3 is 5.97 Å². The van der Waals surface area contributed by atoms with Gasteiger partial charge in [-0.25, -0.2) is 0 Å². The molecule has 1 saturated heterocycles. The first kappa shape index (κ1) is 25.1. The van der Waals surface area contributed by atoms with Crippen LogP contribution >= 0.6 is 0 Å². The van der Waals surface area contributed by atoms with Crippen LogP contribution in [-0.4, -0.2) is 48.6 Å². The van der Waals surface area contributed by atoms with E-state index in [2.05, 4.69) is 0 Å². The third-order valence-corrected chi connectivity index (χ3v) is 6.92. The minimum Gasteiger partial charge on any atom is -0.507 e. The second-order valence-electron chi connectivity index (χ2n) is 9.67. The minimum atomic E-state index is -0.963. The first-order valence-corrected chi connectivity index (χ1v) is 12.4. The van der Waals surface area contributed by atoms with Gasteiger partial charge in [-0.15, -0.1) is 0 Å². The van der Waals surface area contributed by atoms with E-state index in [9.17, 15) is 19.5 Å². The van der Waals surface area contributed by atoms with E-state index >= 15 is 0 Å². The summed E-state index contributed by atoms with van der Waals surface area (Å²) in [5.74, 6) is -2.00. The van der Waals surface area contributed by atoms with Crippen molar-refractivity contribution in [1.29, 1.82) is 0 Å². The molecule has 1 amide bonds. The van der Waals surface area contributed by atoms with Gasteiger partial charge in [-0.3, -0.25) is 19.3 Å². The Labute approximate surface area is 220 Å². The van der Waals surface area contributed by atoms with Gasteiger partial charge in [-0.1, -0.05) is 24.3 Å². The number of aliphatic hydroxyl groups excluding tert-OH is 1. The predicted octanol–water partition coefficient (Wildman–Crippen LogP) is 4.33. The summed E-state index contributed by atoms with van der Waals surface area (Å²) >= 11 is 0. The van der Waals surface area contributed by atoms with Crippen molar-refractivity contribution >= 4 is 34.8 Å². The van der Waals surface area contributed by atoms with E-state index in [0.717, 1.165) is 29.8 Å². The number of Topliss-reactive ketones (excluding diaryl/α,β-unsaturated/α-hetero) is 1. The lowest BCUT2D eigenvalue weighted by atomic mass is 9.93. The van der Waals surface area contributed by atoms with Gasteiger partial charge in [0.05, 0.1) is 24.6 Å². The molecule has 0 saturated carbocycles. The van der Waals surface area contributed by atoms with Crippen LogP contribution in [0.15, 0.2) is 72.3 Å². The Kier molecular flexibility index (Phi) is 6.63. The molecule has 8 nitrogen and oxygen atoms in total. The third kappa shape index (κ3) is 4.61. The summed E-state index contributed by atoms with van der Waals surface area (Å²) in [5.41, 5.74) is 3.99. The van der Waals surface area contributed by atoms with Gasteiger partial charge in [0.1, 0.15) is 11.5 Å². The van der Waals surface area contributed by atoms with Crippen molar-refractivity contribution in [2.45, 2.75) is 25.3 Å². The van der Waals surface area contributed by atoms with Crippen molar-refractivity contribution in [3.05, 3.63) is 94.6 Å². The van der Waals surface area contributed by atoms with E-state index in [-0.39, 0.29) is 17.8 Å². The van der Waals surface area contributed by atoms with Crippen molar-refractivity contribution in [2.24, 2.45) is 0 Å². The van der Waals surface area contributed by atoms with E-state index in [4.69, 9.17) is 9.84 Å². The molecule has 1 unspecified atom stereocenters. The summed E-state index contributed by atoms with van der Waals surface area (Å²) in [7, 11) is 3.83. The molecule has 2 aliphatic heterocycles. The minimum absolute atomic E-state index is 0.00102. The molecule has 5 rings (SSSR count). The van der Waals surface area contributed by atoms with Crippen LogP contribution in [-0.2, 0) is 27.2 Å². The van der Waals surface area contributed by atoms with Gasteiger partial charge in [0, 0.05) is 31.0 Å². The Morgan fingerprint density at radius 2 is 1.71 bits per heavy atom. The predicted molar refractivity (Wildman–Crippen MR) is 144 cm³/mol. The van der Waals surface area contributed by atoms with Gasteiger partial charge in [0.15, 0.2) is 0 Å². The maximum absolute atomic E-state index is 13.4. The van der Waals surface area contributed by atoms with Gasteiger partial charge in [-0.2, -0.15) is 0 Å². The quantitative estimate of drug-likeness (QED) is 0.288. The SMILES string of the molecule is CN(C)c1ccc(C2/C(=C(/O)c3ccc4c(c3)CCCO4)C(=O)C(=O)N2c2ccc(CC(=O)O)cc2)cc1. The molecule has 0 aliphatic carbocycles. The number of ether oxygens (including phenoxy) is 1. The van der Waals surface area contributed by atoms with Gasteiger partial charge < -0.3 is 19.8 Å². The summed E-state index contributed by atoms with van der Waals surface area (Å²) in [6, 6.07) is 18.4. The van der Waals surface area contributed by atoms with Crippen LogP contribution in [0.4, 0.5) is 11.4 Å². The number of fused-ring (bicyclic) bond motifs is 1. The highest BCUT2D eigenvalue weighted by Gasteiger charge is 2.47. The smallest absolute Gasteiger partial charge is 0.307 e. The van der Waals surface area contributed by atoms with Crippen LogP contribution in [0.25, 0.3) is 5.76 Å². The molecule has 0 aromatic heterocycles. The standard InChI is InChI=1S/C30H28N2O6/c1-31(2)22-12-7-19(8-13-22)27-26(28(35)21-9-14-24-20(17-21)4-3-15-38-24)29(36)30(37)32(27)23-10-5-18(6-11-23)16-25(33)34/h5-14,17,27,35H,3-4,15-16H2,1-2H3,(H,33,34)/b28-26-. The average molecular weight is 513 g/mol. The summed E-state index contributed by atoms with van der Waals surface area (Å²) < 4.78 is 5.68. The number of ketones is 1. The molecule has 2 aliphatic rings. The molecule has 1 atom stereocenters.